The van der Waals surface area contributed by atoms with E-state index in [2.05, 4.69) is 38.1 Å². The molecule has 2 rings (SSSR count). The normalized spacial score (nSPS) is 11.0. The Kier molecular flexibility index (Phi) is 11.7. The monoisotopic (exact) mass is 505 g/mol. The summed E-state index contributed by atoms with van der Waals surface area (Å²) >= 11 is 1.45. The predicted octanol–water partition coefficient (Wildman–Crippen LogP) is 1.90. The third-order valence-corrected chi connectivity index (χ3v) is 4.51. The molecule has 0 saturated heterocycles. The second-order valence-corrected chi connectivity index (χ2v) is 6.52. The van der Waals surface area contributed by atoms with E-state index in [4.69, 9.17) is 0 Å². The van der Waals surface area contributed by atoms with Crippen molar-refractivity contribution in [2.75, 3.05) is 26.2 Å². The molecule has 8 nitrogen and oxygen atoms in total. The fraction of sp³-hybridized carbons (Fsp3) is 0.529. The number of hydrogen-bond acceptors (Lipinski definition) is 5. The second-order valence-electron chi connectivity index (χ2n) is 5.57. The van der Waals surface area contributed by atoms with E-state index in [-0.39, 0.29) is 29.9 Å². The first-order valence-corrected chi connectivity index (χ1v) is 9.83. The molecular formula is C17H28IN7OS. The maximum atomic E-state index is 11.8. The van der Waals surface area contributed by atoms with Crippen molar-refractivity contribution in [1.82, 2.24) is 30.7 Å². The van der Waals surface area contributed by atoms with E-state index >= 15 is 0 Å². The van der Waals surface area contributed by atoms with E-state index in [1.165, 1.54) is 11.3 Å². The molecule has 0 bridgehead atoms. The molecule has 3 N–H and O–H groups in total. The van der Waals surface area contributed by atoms with Gasteiger partial charge in [0.25, 0.3) is 5.91 Å². The summed E-state index contributed by atoms with van der Waals surface area (Å²) in [6, 6.07) is 3.70. The fourth-order valence-corrected chi connectivity index (χ4v) is 2.98. The van der Waals surface area contributed by atoms with Crippen molar-refractivity contribution in [1.29, 1.82) is 0 Å². The molecule has 2 aromatic rings. The van der Waals surface area contributed by atoms with Crippen molar-refractivity contribution in [2.45, 2.75) is 33.2 Å². The van der Waals surface area contributed by atoms with E-state index in [0.29, 0.717) is 13.1 Å². The molecule has 1 amide bonds. The van der Waals surface area contributed by atoms with Gasteiger partial charge in [0, 0.05) is 39.1 Å². The number of carbonyl (C=O) groups excluding carboxylic acids is 1. The fourth-order valence-electron chi connectivity index (χ4n) is 2.34. The van der Waals surface area contributed by atoms with Gasteiger partial charge in [-0.05, 0) is 24.8 Å². The van der Waals surface area contributed by atoms with Crippen LogP contribution in [0.15, 0.2) is 28.8 Å². The SMILES string of the molecule is CCNC(=NCCCNC(=O)c1cccs1)NCCn1cnnc1CC.I. The zero-order valence-electron chi connectivity index (χ0n) is 15.8. The first-order valence-electron chi connectivity index (χ1n) is 8.95. The maximum absolute atomic E-state index is 11.8. The Hall–Kier alpha value is -1.69. The van der Waals surface area contributed by atoms with Gasteiger partial charge >= 0.3 is 0 Å². The van der Waals surface area contributed by atoms with Crippen molar-refractivity contribution in [3.63, 3.8) is 0 Å². The van der Waals surface area contributed by atoms with Gasteiger partial charge in [-0.15, -0.1) is 45.5 Å². The van der Waals surface area contributed by atoms with Crippen LogP contribution in [0.2, 0.25) is 0 Å². The smallest absolute Gasteiger partial charge is 0.261 e. The van der Waals surface area contributed by atoms with Crippen molar-refractivity contribution < 1.29 is 4.79 Å². The van der Waals surface area contributed by atoms with Crippen LogP contribution in [0.4, 0.5) is 0 Å². The zero-order chi connectivity index (χ0) is 18.6. The Balaban J connectivity index is 0.00000364. The van der Waals surface area contributed by atoms with Crippen LogP contribution >= 0.6 is 35.3 Å². The van der Waals surface area contributed by atoms with Gasteiger partial charge in [0.1, 0.15) is 12.2 Å². The molecule has 10 heteroatoms. The summed E-state index contributed by atoms with van der Waals surface area (Å²) in [5.41, 5.74) is 0. The van der Waals surface area contributed by atoms with E-state index in [1.807, 2.05) is 29.0 Å². The Morgan fingerprint density at radius 1 is 1.26 bits per heavy atom. The van der Waals surface area contributed by atoms with Crippen molar-refractivity contribution in [2.24, 2.45) is 4.99 Å². The quantitative estimate of drug-likeness (QED) is 0.199. The molecule has 0 saturated carbocycles. The highest BCUT2D eigenvalue weighted by Gasteiger charge is 2.05. The summed E-state index contributed by atoms with van der Waals surface area (Å²) < 4.78 is 2.04. The number of hydrogen-bond donors (Lipinski definition) is 3. The van der Waals surface area contributed by atoms with Crippen molar-refractivity contribution in [3.8, 4) is 0 Å². The standard InChI is InChI=1S/C17H27N7OS.HI/c1-3-15-23-22-13-24(15)11-10-21-17(18-4-2)20-9-6-8-19-16(25)14-7-5-12-26-14;/h5,7,12-13H,3-4,6,8-11H2,1-2H3,(H,19,25)(H2,18,20,21);1H. The number of thiophene rings is 1. The van der Waals surface area contributed by atoms with Crippen LogP contribution in [0.1, 0.15) is 35.8 Å². The van der Waals surface area contributed by atoms with Gasteiger partial charge in [0.05, 0.1) is 4.88 Å². The minimum atomic E-state index is -0.0188. The lowest BCUT2D eigenvalue weighted by atomic mass is 10.4. The number of halogens is 1. The number of carbonyl (C=O) groups is 1. The highest BCUT2D eigenvalue weighted by molar-refractivity contribution is 14.0. The average Bonchev–Trinajstić information content (AvgIpc) is 3.32. The van der Waals surface area contributed by atoms with E-state index in [0.717, 1.165) is 49.1 Å². The minimum Gasteiger partial charge on any atom is -0.357 e. The lowest BCUT2D eigenvalue weighted by molar-refractivity contribution is 0.0957. The number of nitrogens with one attached hydrogen (secondary N) is 3. The van der Waals surface area contributed by atoms with Crippen molar-refractivity contribution in [3.05, 3.63) is 34.5 Å². The van der Waals surface area contributed by atoms with E-state index in [9.17, 15) is 4.79 Å². The first-order chi connectivity index (χ1) is 12.7. The first kappa shape index (κ1) is 23.3. The van der Waals surface area contributed by atoms with E-state index in [1.54, 1.807) is 6.33 Å². The summed E-state index contributed by atoms with van der Waals surface area (Å²) in [6.07, 6.45) is 3.41. The number of nitrogens with zero attached hydrogens (tertiary/aromatic N) is 4. The largest absolute Gasteiger partial charge is 0.357 e. The summed E-state index contributed by atoms with van der Waals surface area (Å²) in [7, 11) is 0. The van der Waals surface area contributed by atoms with Gasteiger partial charge in [-0.2, -0.15) is 0 Å². The molecule has 0 spiro atoms. The number of guanidine groups is 1. The molecule has 2 heterocycles. The average molecular weight is 505 g/mol. The summed E-state index contributed by atoms with van der Waals surface area (Å²) in [5.74, 6) is 1.74. The molecule has 0 atom stereocenters. The summed E-state index contributed by atoms with van der Waals surface area (Å²) in [4.78, 5) is 17.1. The molecule has 0 aliphatic carbocycles. The molecule has 2 aromatic heterocycles. The van der Waals surface area contributed by atoms with Gasteiger partial charge in [-0.3, -0.25) is 9.79 Å². The number of aryl methyl sites for hydroxylation is 1. The molecule has 0 fully saturated rings. The van der Waals surface area contributed by atoms with Crippen LogP contribution in [0.5, 0.6) is 0 Å². The minimum absolute atomic E-state index is 0. The van der Waals surface area contributed by atoms with Gasteiger partial charge in [-0.25, -0.2) is 0 Å². The summed E-state index contributed by atoms with van der Waals surface area (Å²) in [5, 5.41) is 19.4. The molecule has 0 aromatic carbocycles. The molecule has 0 unspecified atom stereocenters. The lowest BCUT2D eigenvalue weighted by Gasteiger charge is -2.12. The van der Waals surface area contributed by atoms with Gasteiger partial charge < -0.3 is 20.5 Å². The van der Waals surface area contributed by atoms with Crippen molar-refractivity contribution >= 4 is 47.2 Å². The molecule has 27 heavy (non-hydrogen) atoms. The van der Waals surface area contributed by atoms with Crippen LogP contribution in [-0.2, 0) is 13.0 Å². The Morgan fingerprint density at radius 2 is 2.11 bits per heavy atom. The lowest BCUT2D eigenvalue weighted by Crippen LogP contribution is -2.39. The second kappa shape index (κ2) is 13.5. The van der Waals surface area contributed by atoms with Crippen LogP contribution in [0, 0.1) is 0 Å². The Labute approximate surface area is 181 Å². The van der Waals surface area contributed by atoms with Gasteiger partial charge in [0.15, 0.2) is 5.96 Å². The third-order valence-electron chi connectivity index (χ3n) is 3.64. The van der Waals surface area contributed by atoms with Gasteiger partial charge in [0.2, 0.25) is 0 Å². The van der Waals surface area contributed by atoms with Crippen LogP contribution in [0.3, 0.4) is 0 Å². The summed E-state index contributed by atoms with van der Waals surface area (Å²) in [6.45, 7) is 7.69. The van der Waals surface area contributed by atoms with Crippen LogP contribution in [-0.4, -0.2) is 52.8 Å². The van der Waals surface area contributed by atoms with Gasteiger partial charge in [-0.1, -0.05) is 13.0 Å². The Morgan fingerprint density at radius 3 is 2.81 bits per heavy atom. The number of amides is 1. The number of aliphatic imine (C=N–C) groups is 1. The Bertz CT molecular complexity index is 687. The van der Waals surface area contributed by atoms with Crippen LogP contribution < -0.4 is 16.0 Å². The zero-order valence-corrected chi connectivity index (χ0v) is 18.9. The molecule has 0 radical (unpaired) electrons. The highest BCUT2D eigenvalue weighted by atomic mass is 127. The molecule has 150 valence electrons. The highest BCUT2D eigenvalue weighted by Crippen LogP contribution is 2.07. The topological polar surface area (TPSA) is 96.2 Å². The van der Waals surface area contributed by atoms with Crippen LogP contribution in [0.25, 0.3) is 0 Å². The molecule has 0 aliphatic rings. The molecular weight excluding hydrogens is 477 g/mol. The number of rotatable bonds is 10. The predicted molar refractivity (Wildman–Crippen MR) is 120 cm³/mol. The third kappa shape index (κ3) is 8.24. The molecule has 0 aliphatic heterocycles. The number of aromatic nitrogens is 3. The van der Waals surface area contributed by atoms with E-state index < -0.39 is 0 Å². The maximum Gasteiger partial charge on any atom is 0.261 e.